The Balaban J connectivity index is 1.82. The van der Waals surface area contributed by atoms with E-state index in [-0.39, 0.29) is 18.5 Å². The first-order chi connectivity index (χ1) is 9.63. The maximum Gasteiger partial charge on any atom is 0.311 e. The number of benzene rings is 1. The lowest BCUT2D eigenvalue weighted by Gasteiger charge is -2.32. The zero-order chi connectivity index (χ0) is 14.4. The molecule has 0 radical (unpaired) electrons. The van der Waals surface area contributed by atoms with Gasteiger partial charge in [0.05, 0.1) is 6.42 Å². The largest absolute Gasteiger partial charge is 0.461 e. The van der Waals surface area contributed by atoms with Crippen LogP contribution in [0.25, 0.3) is 0 Å². The molecule has 1 fully saturated rings. The van der Waals surface area contributed by atoms with Crippen LogP contribution in [0.3, 0.4) is 0 Å². The molecule has 0 aromatic heterocycles. The molecule has 1 aromatic rings. The third-order valence-electron chi connectivity index (χ3n) is 3.42. The van der Waals surface area contributed by atoms with Gasteiger partial charge in [-0.3, -0.25) is 9.69 Å². The Bertz CT molecular complexity index is 459. The minimum Gasteiger partial charge on any atom is -0.461 e. The number of ether oxygens (including phenoxy) is 1. The number of nitrogens with one attached hydrogen (secondary N) is 1. The van der Waals surface area contributed by atoms with Crippen molar-refractivity contribution >= 4 is 11.7 Å². The van der Waals surface area contributed by atoms with E-state index in [4.69, 9.17) is 10.1 Å². The molecule has 4 heteroatoms. The number of hydrogen-bond acceptors (Lipinski definition) is 4. The highest BCUT2D eigenvalue weighted by molar-refractivity contribution is 5.95. The standard InChI is InChI=1S/C16H22N2O2/c1-13(17)10-16(19)20-15-8-5-9-18(12-15)11-14-6-3-2-4-7-14/h2-4,6-7,15,17H,5,8-12H2,1H3. The van der Waals surface area contributed by atoms with E-state index in [1.807, 2.05) is 18.2 Å². The third-order valence-corrected chi connectivity index (χ3v) is 3.42. The molecular formula is C16H22N2O2. The van der Waals surface area contributed by atoms with Crippen LogP contribution in [-0.2, 0) is 16.1 Å². The molecule has 1 aliphatic rings. The van der Waals surface area contributed by atoms with Crippen LogP contribution in [0.4, 0.5) is 0 Å². The van der Waals surface area contributed by atoms with Crippen LogP contribution in [0.1, 0.15) is 31.7 Å². The number of carbonyl (C=O) groups excluding carboxylic acids is 1. The fraction of sp³-hybridized carbons (Fsp3) is 0.500. The SMILES string of the molecule is CC(=N)CC(=O)OC1CCCN(Cc2ccccc2)C1. The van der Waals surface area contributed by atoms with Crippen molar-refractivity contribution in [3.63, 3.8) is 0 Å². The van der Waals surface area contributed by atoms with Crippen molar-refractivity contribution in [1.29, 1.82) is 5.41 Å². The summed E-state index contributed by atoms with van der Waals surface area (Å²) < 4.78 is 5.45. The minimum absolute atomic E-state index is 0.0284. The number of rotatable bonds is 5. The molecule has 1 saturated heterocycles. The summed E-state index contributed by atoms with van der Waals surface area (Å²) in [5.41, 5.74) is 1.64. The fourth-order valence-corrected chi connectivity index (χ4v) is 2.54. The van der Waals surface area contributed by atoms with Gasteiger partial charge in [0.25, 0.3) is 0 Å². The van der Waals surface area contributed by atoms with E-state index >= 15 is 0 Å². The van der Waals surface area contributed by atoms with Crippen LogP contribution >= 0.6 is 0 Å². The van der Waals surface area contributed by atoms with Gasteiger partial charge in [0.2, 0.25) is 0 Å². The Morgan fingerprint density at radius 3 is 2.85 bits per heavy atom. The van der Waals surface area contributed by atoms with Gasteiger partial charge in [0, 0.05) is 18.8 Å². The van der Waals surface area contributed by atoms with E-state index in [0.717, 1.165) is 32.5 Å². The molecule has 1 heterocycles. The molecule has 108 valence electrons. The molecular weight excluding hydrogens is 252 g/mol. The van der Waals surface area contributed by atoms with Gasteiger partial charge in [-0.25, -0.2) is 0 Å². The number of hydrogen-bond donors (Lipinski definition) is 1. The highest BCUT2D eigenvalue weighted by Gasteiger charge is 2.23. The van der Waals surface area contributed by atoms with Gasteiger partial charge in [-0.2, -0.15) is 0 Å². The van der Waals surface area contributed by atoms with Gasteiger partial charge < -0.3 is 10.1 Å². The Hall–Kier alpha value is -1.68. The number of esters is 1. The van der Waals surface area contributed by atoms with E-state index in [0.29, 0.717) is 5.71 Å². The zero-order valence-electron chi connectivity index (χ0n) is 12.0. The lowest BCUT2D eigenvalue weighted by atomic mass is 10.1. The number of piperidine rings is 1. The normalized spacial score (nSPS) is 19.6. The summed E-state index contributed by atoms with van der Waals surface area (Å²) >= 11 is 0. The highest BCUT2D eigenvalue weighted by atomic mass is 16.5. The second-order valence-corrected chi connectivity index (χ2v) is 5.43. The summed E-state index contributed by atoms with van der Waals surface area (Å²) in [4.78, 5) is 13.9. The van der Waals surface area contributed by atoms with Crippen molar-refractivity contribution in [2.75, 3.05) is 13.1 Å². The first-order valence-electron chi connectivity index (χ1n) is 7.13. The fourth-order valence-electron chi connectivity index (χ4n) is 2.54. The van der Waals surface area contributed by atoms with E-state index in [1.165, 1.54) is 5.56 Å². The molecule has 0 saturated carbocycles. The quantitative estimate of drug-likeness (QED) is 0.663. The van der Waals surface area contributed by atoms with E-state index < -0.39 is 0 Å². The predicted octanol–water partition coefficient (Wildman–Crippen LogP) is 2.62. The van der Waals surface area contributed by atoms with Gasteiger partial charge in [0.1, 0.15) is 6.10 Å². The lowest BCUT2D eigenvalue weighted by molar-refractivity contribution is -0.150. The van der Waals surface area contributed by atoms with Gasteiger partial charge in [-0.05, 0) is 31.9 Å². The Labute approximate surface area is 120 Å². The Morgan fingerprint density at radius 1 is 1.40 bits per heavy atom. The van der Waals surface area contributed by atoms with Crippen LogP contribution in [0.2, 0.25) is 0 Å². The number of carbonyl (C=O) groups is 1. The van der Waals surface area contributed by atoms with Crippen LogP contribution in [0.5, 0.6) is 0 Å². The predicted molar refractivity (Wildman–Crippen MR) is 78.9 cm³/mol. The van der Waals surface area contributed by atoms with Crippen molar-refractivity contribution < 1.29 is 9.53 Å². The lowest BCUT2D eigenvalue weighted by Crippen LogP contribution is -2.40. The minimum atomic E-state index is -0.274. The Kier molecular flexibility index (Phi) is 5.30. The first-order valence-corrected chi connectivity index (χ1v) is 7.13. The summed E-state index contributed by atoms with van der Waals surface area (Å²) in [5.74, 6) is -0.274. The van der Waals surface area contributed by atoms with E-state index in [1.54, 1.807) is 6.92 Å². The van der Waals surface area contributed by atoms with Crippen molar-refractivity contribution in [2.24, 2.45) is 0 Å². The molecule has 0 bridgehead atoms. The van der Waals surface area contributed by atoms with Crippen LogP contribution in [-0.4, -0.2) is 35.8 Å². The van der Waals surface area contributed by atoms with Crippen molar-refractivity contribution in [1.82, 2.24) is 4.90 Å². The average molecular weight is 274 g/mol. The van der Waals surface area contributed by atoms with Crippen molar-refractivity contribution in [3.8, 4) is 0 Å². The first kappa shape index (κ1) is 14.7. The van der Waals surface area contributed by atoms with E-state index in [9.17, 15) is 4.79 Å². The zero-order valence-corrected chi connectivity index (χ0v) is 12.0. The summed E-state index contributed by atoms with van der Waals surface area (Å²) in [6, 6.07) is 10.3. The van der Waals surface area contributed by atoms with Gasteiger partial charge in [0.15, 0.2) is 0 Å². The van der Waals surface area contributed by atoms with Gasteiger partial charge in [-0.1, -0.05) is 30.3 Å². The summed E-state index contributed by atoms with van der Waals surface area (Å²) in [6.45, 7) is 4.37. The molecule has 1 aliphatic heterocycles. The molecule has 1 atom stereocenters. The summed E-state index contributed by atoms with van der Waals surface area (Å²) in [7, 11) is 0. The second-order valence-electron chi connectivity index (χ2n) is 5.43. The monoisotopic (exact) mass is 274 g/mol. The Morgan fingerprint density at radius 2 is 2.15 bits per heavy atom. The molecule has 1 unspecified atom stereocenters. The molecule has 0 spiro atoms. The molecule has 0 aliphatic carbocycles. The van der Waals surface area contributed by atoms with Crippen molar-refractivity contribution in [3.05, 3.63) is 35.9 Å². The smallest absolute Gasteiger partial charge is 0.311 e. The maximum atomic E-state index is 11.6. The molecule has 1 aromatic carbocycles. The summed E-state index contributed by atoms with van der Waals surface area (Å²) in [5, 5.41) is 7.32. The number of likely N-dealkylation sites (tertiary alicyclic amines) is 1. The van der Waals surface area contributed by atoms with Crippen LogP contribution in [0, 0.1) is 5.41 Å². The maximum absolute atomic E-state index is 11.6. The molecule has 2 rings (SSSR count). The average Bonchev–Trinajstić information content (AvgIpc) is 2.39. The van der Waals surface area contributed by atoms with Crippen molar-refractivity contribution in [2.45, 2.75) is 38.8 Å². The molecule has 20 heavy (non-hydrogen) atoms. The molecule has 4 nitrogen and oxygen atoms in total. The molecule has 0 amide bonds. The van der Waals surface area contributed by atoms with Gasteiger partial charge in [-0.15, -0.1) is 0 Å². The number of nitrogens with zero attached hydrogens (tertiary/aromatic N) is 1. The highest BCUT2D eigenvalue weighted by Crippen LogP contribution is 2.16. The summed E-state index contributed by atoms with van der Waals surface area (Å²) in [6.07, 6.45) is 2.05. The van der Waals surface area contributed by atoms with Gasteiger partial charge >= 0.3 is 5.97 Å². The van der Waals surface area contributed by atoms with Crippen LogP contribution in [0.15, 0.2) is 30.3 Å². The van der Waals surface area contributed by atoms with E-state index in [2.05, 4.69) is 17.0 Å². The molecule has 1 N–H and O–H groups in total. The topological polar surface area (TPSA) is 53.4 Å². The second kappa shape index (κ2) is 7.20. The van der Waals surface area contributed by atoms with Crippen LogP contribution < -0.4 is 0 Å². The third kappa shape index (κ3) is 4.78.